The number of nitrogens with zero attached hydrogens (tertiary/aromatic N) is 4. The van der Waals surface area contributed by atoms with Crippen LogP contribution in [-0.2, 0) is 19.6 Å². The largest absolute Gasteiger partial charge is 0.348 e. The van der Waals surface area contributed by atoms with Crippen molar-refractivity contribution in [2.24, 2.45) is 0 Å². The minimum Gasteiger partial charge on any atom is -0.348 e. The fraction of sp³-hybridized carbons (Fsp3) is 0.136. The number of hydrogen-bond acceptors (Lipinski definition) is 3. The van der Waals surface area contributed by atoms with E-state index in [0.717, 1.165) is 16.7 Å². The maximum Gasteiger partial charge on any atom is 0.254 e. The molecule has 0 aliphatic rings. The van der Waals surface area contributed by atoms with Crippen LogP contribution in [0.25, 0.3) is 0 Å². The maximum absolute atomic E-state index is 12.5. The van der Waals surface area contributed by atoms with Crippen LogP contribution in [0, 0.1) is 0 Å². The van der Waals surface area contributed by atoms with Gasteiger partial charge in [-0.05, 0) is 22.8 Å². The summed E-state index contributed by atoms with van der Waals surface area (Å²) >= 11 is 0. The molecular weight excluding hydrogens is 350 g/mol. The number of carbonyl (C=O) groups is 1. The van der Waals surface area contributed by atoms with Gasteiger partial charge >= 0.3 is 0 Å². The Bertz CT molecular complexity index is 1040. The number of rotatable bonds is 7. The summed E-state index contributed by atoms with van der Waals surface area (Å²) in [5.41, 5.74) is 3.90. The van der Waals surface area contributed by atoms with Crippen molar-refractivity contribution in [3.63, 3.8) is 0 Å². The second-order valence-corrected chi connectivity index (χ2v) is 6.57. The van der Waals surface area contributed by atoms with Crippen LogP contribution in [0.3, 0.4) is 0 Å². The number of aromatic nitrogens is 4. The molecule has 0 aliphatic carbocycles. The van der Waals surface area contributed by atoms with Gasteiger partial charge in [0.25, 0.3) is 5.91 Å². The lowest BCUT2D eigenvalue weighted by Crippen LogP contribution is -2.23. The first-order valence-corrected chi connectivity index (χ1v) is 9.17. The number of hydrogen-bond donors (Lipinski definition) is 1. The molecule has 0 unspecified atom stereocenters. The fourth-order valence-electron chi connectivity index (χ4n) is 3.07. The van der Waals surface area contributed by atoms with Crippen molar-refractivity contribution in [3.8, 4) is 0 Å². The number of nitrogens with one attached hydrogen (secondary N) is 1. The van der Waals surface area contributed by atoms with Gasteiger partial charge in [-0.1, -0.05) is 54.6 Å². The third-order valence-electron chi connectivity index (χ3n) is 4.53. The van der Waals surface area contributed by atoms with Crippen LogP contribution < -0.4 is 5.32 Å². The number of benzene rings is 2. The lowest BCUT2D eigenvalue weighted by atomic mass is 10.1. The highest BCUT2D eigenvalue weighted by molar-refractivity contribution is 5.93. The molecule has 0 fully saturated rings. The van der Waals surface area contributed by atoms with Gasteiger partial charge in [0.15, 0.2) is 0 Å². The molecule has 0 spiro atoms. The molecule has 2 aromatic heterocycles. The highest BCUT2D eigenvalue weighted by Crippen LogP contribution is 2.11. The molecule has 0 saturated heterocycles. The standard InChI is InChI=1S/C22H21N5O/c28-22(21-14-25-27(17-21)15-18-7-2-1-3-8-18)23-13-19-9-4-5-10-20(19)16-26-12-6-11-24-26/h1-12,14,17H,13,15-16H2,(H,23,28). The summed E-state index contributed by atoms with van der Waals surface area (Å²) in [6.07, 6.45) is 7.07. The Hall–Kier alpha value is -3.67. The van der Waals surface area contributed by atoms with Crippen LogP contribution in [0.4, 0.5) is 0 Å². The van der Waals surface area contributed by atoms with E-state index in [1.54, 1.807) is 23.3 Å². The summed E-state index contributed by atoms with van der Waals surface area (Å²) in [5.74, 6) is -0.131. The van der Waals surface area contributed by atoms with Crippen LogP contribution >= 0.6 is 0 Å². The second kappa shape index (κ2) is 8.35. The highest BCUT2D eigenvalue weighted by atomic mass is 16.1. The van der Waals surface area contributed by atoms with Gasteiger partial charge in [0.2, 0.25) is 0 Å². The van der Waals surface area contributed by atoms with E-state index in [0.29, 0.717) is 25.2 Å². The van der Waals surface area contributed by atoms with Crippen molar-refractivity contribution < 1.29 is 4.79 Å². The molecule has 4 rings (SSSR count). The Morgan fingerprint density at radius 2 is 1.64 bits per heavy atom. The van der Waals surface area contributed by atoms with Gasteiger partial charge in [0, 0.05) is 25.1 Å². The second-order valence-electron chi connectivity index (χ2n) is 6.57. The van der Waals surface area contributed by atoms with Gasteiger partial charge in [0.1, 0.15) is 0 Å². The van der Waals surface area contributed by atoms with Crippen molar-refractivity contribution in [1.82, 2.24) is 24.9 Å². The first kappa shape index (κ1) is 17.7. The molecular formula is C22H21N5O. The SMILES string of the molecule is O=C(NCc1ccccc1Cn1cccn1)c1cnn(Cc2ccccc2)c1. The molecule has 2 heterocycles. The van der Waals surface area contributed by atoms with Crippen molar-refractivity contribution in [3.05, 3.63) is 108 Å². The molecule has 0 aliphatic heterocycles. The lowest BCUT2D eigenvalue weighted by molar-refractivity contribution is 0.0950. The fourth-order valence-corrected chi connectivity index (χ4v) is 3.07. The van der Waals surface area contributed by atoms with Gasteiger partial charge in [-0.15, -0.1) is 0 Å². The average Bonchev–Trinajstić information content (AvgIpc) is 3.40. The quantitative estimate of drug-likeness (QED) is 0.543. The third-order valence-corrected chi connectivity index (χ3v) is 4.53. The Labute approximate surface area is 163 Å². The van der Waals surface area contributed by atoms with Gasteiger partial charge in [-0.3, -0.25) is 14.2 Å². The van der Waals surface area contributed by atoms with E-state index in [1.807, 2.05) is 65.5 Å². The summed E-state index contributed by atoms with van der Waals surface area (Å²) in [5, 5.41) is 11.5. The Morgan fingerprint density at radius 3 is 2.43 bits per heavy atom. The molecule has 0 saturated carbocycles. The molecule has 2 aromatic carbocycles. The van der Waals surface area contributed by atoms with Crippen molar-refractivity contribution >= 4 is 5.91 Å². The van der Waals surface area contributed by atoms with E-state index in [1.165, 1.54) is 0 Å². The smallest absolute Gasteiger partial charge is 0.254 e. The van der Waals surface area contributed by atoms with Crippen molar-refractivity contribution in [1.29, 1.82) is 0 Å². The molecule has 6 heteroatoms. The topological polar surface area (TPSA) is 64.7 Å². The van der Waals surface area contributed by atoms with Crippen molar-refractivity contribution in [2.75, 3.05) is 0 Å². The van der Waals surface area contributed by atoms with Crippen molar-refractivity contribution in [2.45, 2.75) is 19.6 Å². The van der Waals surface area contributed by atoms with E-state index >= 15 is 0 Å². The molecule has 1 N–H and O–H groups in total. The van der Waals surface area contributed by atoms with Gasteiger partial charge in [-0.2, -0.15) is 10.2 Å². The Morgan fingerprint density at radius 1 is 0.857 bits per heavy atom. The molecule has 0 atom stereocenters. The molecule has 4 aromatic rings. The normalized spacial score (nSPS) is 10.7. The minimum absolute atomic E-state index is 0.131. The van der Waals surface area contributed by atoms with E-state index in [9.17, 15) is 4.79 Å². The van der Waals surface area contributed by atoms with Crippen LogP contribution in [0.1, 0.15) is 27.0 Å². The van der Waals surface area contributed by atoms with Crippen LogP contribution in [0.5, 0.6) is 0 Å². The van der Waals surface area contributed by atoms with E-state index < -0.39 is 0 Å². The Kier molecular flexibility index (Phi) is 5.29. The van der Waals surface area contributed by atoms with Crippen LogP contribution in [0.2, 0.25) is 0 Å². The third kappa shape index (κ3) is 4.35. The van der Waals surface area contributed by atoms with Crippen LogP contribution in [-0.4, -0.2) is 25.5 Å². The minimum atomic E-state index is -0.131. The zero-order chi connectivity index (χ0) is 19.2. The van der Waals surface area contributed by atoms with Crippen LogP contribution in [0.15, 0.2) is 85.5 Å². The first-order chi connectivity index (χ1) is 13.8. The predicted molar refractivity (Wildman–Crippen MR) is 107 cm³/mol. The van der Waals surface area contributed by atoms with Gasteiger partial charge in [-0.25, -0.2) is 0 Å². The lowest BCUT2D eigenvalue weighted by Gasteiger charge is -2.10. The number of carbonyl (C=O) groups excluding carboxylic acids is 1. The summed E-state index contributed by atoms with van der Waals surface area (Å²) in [6, 6.07) is 20.0. The zero-order valence-corrected chi connectivity index (χ0v) is 15.4. The van der Waals surface area contributed by atoms with E-state index in [2.05, 4.69) is 21.6 Å². The molecule has 0 bridgehead atoms. The molecule has 140 valence electrons. The average molecular weight is 371 g/mol. The molecule has 1 amide bonds. The van der Waals surface area contributed by atoms with E-state index in [4.69, 9.17) is 0 Å². The maximum atomic E-state index is 12.5. The number of amides is 1. The highest BCUT2D eigenvalue weighted by Gasteiger charge is 2.10. The van der Waals surface area contributed by atoms with Gasteiger partial charge in [0.05, 0.1) is 24.8 Å². The zero-order valence-electron chi connectivity index (χ0n) is 15.4. The summed E-state index contributed by atoms with van der Waals surface area (Å²) in [6.45, 7) is 1.77. The van der Waals surface area contributed by atoms with Gasteiger partial charge < -0.3 is 5.32 Å². The first-order valence-electron chi connectivity index (χ1n) is 9.17. The summed E-state index contributed by atoms with van der Waals surface area (Å²) in [4.78, 5) is 12.5. The molecule has 0 radical (unpaired) electrons. The predicted octanol–water partition coefficient (Wildman–Crippen LogP) is 3.11. The summed E-state index contributed by atoms with van der Waals surface area (Å²) < 4.78 is 3.64. The van der Waals surface area contributed by atoms with E-state index in [-0.39, 0.29) is 5.91 Å². The summed E-state index contributed by atoms with van der Waals surface area (Å²) in [7, 11) is 0. The molecule has 28 heavy (non-hydrogen) atoms. The monoisotopic (exact) mass is 371 g/mol. The molecule has 6 nitrogen and oxygen atoms in total. The Balaban J connectivity index is 1.39.